The summed E-state index contributed by atoms with van der Waals surface area (Å²) in [5.41, 5.74) is 2.09. The van der Waals surface area contributed by atoms with Crippen LogP contribution in [0.15, 0.2) is 23.7 Å². The van der Waals surface area contributed by atoms with Crippen molar-refractivity contribution in [1.82, 2.24) is 10.3 Å². The molecule has 0 saturated heterocycles. The van der Waals surface area contributed by atoms with E-state index in [2.05, 4.69) is 16.4 Å². The van der Waals surface area contributed by atoms with Crippen LogP contribution in [0.3, 0.4) is 0 Å². The first kappa shape index (κ1) is 14.0. The van der Waals surface area contributed by atoms with Crippen molar-refractivity contribution in [1.29, 1.82) is 0 Å². The van der Waals surface area contributed by atoms with E-state index in [4.69, 9.17) is 4.74 Å². The summed E-state index contributed by atoms with van der Waals surface area (Å²) in [6, 6.07) is 3.82. The molecule has 1 atom stereocenters. The summed E-state index contributed by atoms with van der Waals surface area (Å²) in [6.45, 7) is 4.60. The van der Waals surface area contributed by atoms with E-state index in [0.717, 1.165) is 11.1 Å². The Kier molecular flexibility index (Phi) is 4.50. The molecule has 0 radical (unpaired) electrons. The van der Waals surface area contributed by atoms with Crippen LogP contribution in [0.2, 0.25) is 0 Å². The van der Waals surface area contributed by atoms with E-state index in [1.807, 2.05) is 31.5 Å². The van der Waals surface area contributed by atoms with Crippen molar-refractivity contribution in [2.24, 2.45) is 5.92 Å². The average molecular weight is 278 g/mol. The summed E-state index contributed by atoms with van der Waals surface area (Å²) in [6.07, 6.45) is 1.84. The van der Waals surface area contributed by atoms with Crippen molar-refractivity contribution < 1.29 is 9.53 Å². The first-order valence-electron chi connectivity index (χ1n) is 6.25. The molecule has 0 bridgehead atoms. The van der Waals surface area contributed by atoms with Crippen LogP contribution in [0.25, 0.3) is 10.2 Å². The van der Waals surface area contributed by atoms with Gasteiger partial charge in [0.05, 0.1) is 17.3 Å². The zero-order valence-electron chi connectivity index (χ0n) is 11.3. The Morgan fingerprint density at radius 2 is 2.32 bits per heavy atom. The third-order valence-electron chi connectivity index (χ3n) is 3.01. The van der Waals surface area contributed by atoms with Gasteiger partial charge >= 0.3 is 5.97 Å². The Morgan fingerprint density at radius 1 is 1.53 bits per heavy atom. The second kappa shape index (κ2) is 6.12. The maximum absolute atomic E-state index is 11.6. The molecule has 1 N–H and O–H groups in total. The Balaban J connectivity index is 2.05. The largest absolute Gasteiger partial charge is 0.468 e. The minimum Gasteiger partial charge on any atom is -0.468 e. The molecule has 0 spiro atoms. The summed E-state index contributed by atoms with van der Waals surface area (Å²) in [5.74, 6) is -0.0361. The molecular weight excluding hydrogens is 260 g/mol. The quantitative estimate of drug-likeness (QED) is 0.854. The van der Waals surface area contributed by atoms with Crippen molar-refractivity contribution in [3.05, 3.63) is 29.3 Å². The van der Waals surface area contributed by atoms with Crippen molar-refractivity contribution in [2.75, 3.05) is 7.11 Å². The van der Waals surface area contributed by atoms with Gasteiger partial charge in [-0.25, -0.2) is 0 Å². The molecule has 2 aromatic rings. The molecule has 2 rings (SSSR count). The molecule has 5 heteroatoms. The molecule has 1 unspecified atom stereocenters. The van der Waals surface area contributed by atoms with Crippen LogP contribution in [0.4, 0.5) is 0 Å². The van der Waals surface area contributed by atoms with Gasteiger partial charge in [-0.2, -0.15) is 0 Å². The van der Waals surface area contributed by atoms with Gasteiger partial charge in [0, 0.05) is 12.7 Å². The maximum atomic E-state index is 11.6. The van der Waals surface area contributed by atoms with Gasteiger partial charge in [0.2, 0.25) is 0 Å². The van der Waals surface area contributed by atoms with E-state index in [9.17, 15) is 4.79 Å². The highest BCUT2D eigenvalue weighted by Gasteiger charge is 2.22. The number of pyridine rings is 1. The van der Waals surface area contributed by atoms with Gasteiger partial charge in [-0.05, 0) is 29.0 Å². The molecule has 102 valence electrons. The maximum Gasteiger partial charge on any atom is 0.323 e. The number of nitrogens with zero attached hydrogens (tertiary/aromatic N) is 1. The Labute approximate surface area is 116 Å². The van der Waals surface area contributed by atoms with Gasteiger partial charge in [-0.15, -0.1) is 11.3 Å². The molecule has 0 aliphatic rings. The Bertz CT molecular complexity index is 565. The molecule has 2 aromatic heterocycles. The number of nitrogens with one attached hydrogen (secondary N) is 1. The first-order valence-corrected chi connectivity index (χ1v) is 7.13. The number of aromatic nitrogens is 1. The normalized spacial score (nSPS) is 12.8. The van der Waals surface area contributed by atoms with Gasteiger partial charge < -0.3 is 10.1 Å². The van der Waals surface area contributed by atoms with Gasteiger partial charge in [0.1, 0.15) is 6.04 Å². The minimum absolute atomic E-state index is 0.186. The van der Waals surface area contributed by atoms with E-state index in [-0.39, 0.29) is 17.9 Å². The molecule has 0 aliphatic carbocycles. The lowest BCUT2D eigenvalue weighted by Crippen LogP contribution is -2.41. The van der Waals surface area contributed by atoms with Crippen LogP contribution >= 0.6 is 11.3 Å². The number of hydrogen-bond donors (Lipinski definition) is 1. The number of fused-ring (bicyclic) bond motifs is 1. The lowest BCUT2D eigenvalue weighted by Gasteiger charge is -2.19. The van der Waals surface area contributed by atoms with Crippen LogP contribution in [0.5, 0.6) is 0 Å². The zero-order chi connectivity index (χ0) is 13.8. The highest BCUT2D eigenvalue weighted by molar-refractivity contribution is 7.17. The topological polar surface area (TPSA) is 51.2 Å². The van der Waals surface area contributed by atoms with Crippen LogP contribution in [0.1, 0.15) is 19.4 Å². The molecule has 19 heavy (non-hydrogen) atoms. The molecular formula is C14H18N2O2S. The van der Waals surface area contributed by atoms with Crippen molar-refractivity contribution in [3.8, 4) is 0 Å². The second-order valence-corrected chi connectivity index (χ2v) is 5.72. The number of methoxy groups -OCH3 is 1. The fraction of sp³-hybridized carbons (Fsp3) is 0.429. The molecule has 0 saturated carbocycles. The molecule has 0 fully saturated rings. The summed E-state index contributed by atoms with van der Waals surface area (Å²) >= 11 is 1.67. The first-order chi connectivity index (χ1) is 9.11. The van der Waals surface area contributed by atoms with Gasteiger partial charge in [-0.1, -0.05) is 13.8 Å². The fourth-order valence-corrected chi connectivity index (χ4v) is 2.73. The predicted octanol–water partition coefficient (Wildman–Crippen LogP) is 2.58. The van der Waals surface area contributed by atoms with E-state index in [1.54, 1.807) is 11.3 Å². The fourth-order valence-electron chi connectivity index (χ4n) is 1.93. The Hall–Kier alpha value is -1.46. The van der Waals surface area contributed by atoms with Gasteiger partial charge in [-0.3, -0.25) is 9.78 Å². The van der Waals surface area contributed by atoms with Crippen molar-refractivity contribution in [2.45, 2.75) is 26.4 Å². The van der Waals surface area contributed by atoms with Gasteiger partial charge in [0.15, 0.2) is 0 Å². The van der Waals surface area contributed by atoms with Crippen LogP contribution in [-0.2, 0) is 16.1 Å². The highest BCUT2D eigenvalue weighted by atomic mass is 32.1. The van der Waals surface area contributed by atoms with Crippen molar-refractivity contribution >= 4 is 27.5 Å². The number of thiophene rings is 1. The third-order valence-corrected chi connectivity index (χ3v) is 3.86. The number of carbonyl (C=O) groups is 1. The number of rotatable bonds is 5. The number of carbonyl (C=O) groups excluding carboxylic acids is 1. The number of esters is 1. The lowest BCUT2D eigenvalue weighted by atomic mass is 10.0. The van der Waals surface area contributed by atoms with Gasteiger partial charge in [0.25, 0.3) is 0 Å². The van der Waals surface area contributed by atoms with E-state index in [1.165, 1.54) is 11.8 Å². The van der Waals surface area contributed by atoms with Crippen LogP contribution in [-0.4, -0.2) is 24.1 Å². The molecule has 0 amide bonds. The molecule has 2 heterocycles. The van der Waals surface area contributed by atoms with E-state index in [0.29, 0.717) is 6.54 Å². The summed E-state index contributed by atoms with van der Waals surface area (Å²) in [4.78, 5) is 16.0. The standard InChI is InChI=1S/C14H18N2O2S/c1-9(2)13(14(17)18-3)16-8-10-6-12-11(15-7-10)4-5-19-12/h4-7,9,13,16H,8H2,1-3H3. The SMILES string of the molecule is COC(=O)C(NCc1cnc2ccsc2c1)C(C)C. The average Bonchev–Trinajstić information content (AvgIpc) is 2.85. The van der Waals surface area contributed by atoms with Crippen LogP contribution < -0.4 is 5.32 Å². The molecule has 0 aromatic carbocycles. The summed E-state index contributed by atoms with van der Waals surface area (Å²) < 4.78 is 5.97. The highest BCUT2D eigenvalue weighted by Crippen LogP contribution is 2.19. The summed E-state index contributed by atoms with van der Waals surface area (Å²) in [5, 5.41) is 5.26. The second-order valence-electron chi connectivity index (χ2n) is 4.77. The molecule has 4 nitrogen and oxygen atoms in total. The summed E-state index contributed by atoms with van der Waals surface area (Å²) in [7, 11) is 1.42. The zero-order valence-corrected chi connectivity index (χ0v) is 12.2. The predicted molar refractivity (Wildman–Crippen MR) is 77.1 cm³/mol. The Morgan fingerprint density at radius 3 is 3.00 bits per heavy atom. The van der Waals surface area contributed by atoms with E-state index >= 15 is 0 Å². The van der Waals surface area contributed by atoms with Crippen LogP contribution in [0, 0.1) is 5.92 Å². The number of ether oxygens (including phenoxy) is 1. The third kappa shape index (κ3) is 3.30. The van der Waals surface area contributed by atoms with Crippen molar-refractivity contribution in [3.63, 3.8) is 0 Å². The minimum atomic E-state index is -0.288. The lowest BCUT2D eigenvalue weighted by molar-refractivity contribution is -0.144. The smallest absolute Gasteiger partial charge is 0.323 e. The van der Waals surface area contributed by atoms with E-state index < -0.39 is 0 Å². The number of hydrogen-bond acceptors (Lipinski definition) is 5. The molecule has 0 aliphatic heterocycles. The monoisotopic (exact) mass is 278 g/mol.